The third-order valence-electron chi connectivity index (χ3n) is 0.408. The molecule has 11 heavy (non-hydrogen) atoms. The molecule has 0 bridgehead atoms. The zero-order chi connectivity index (χ0) is 9.49. The van der Waals surface area contributed by atoms with Crippen molar-refractivity contribution in [2.24, 2.45) is 0 Å². The minimum Gasteiger partial charge on any atom is -0.450 e. The Morgan fingerprint density at radius 1 is 1.18 bits per heavy atom. The second-order valence-electron chi connectivity index (χ2n) is 1.02. The molecular weight excluding hydrogens is 180 g/mol. The Hall–Kier alpha value is -0.860. The minimum atomic E-state index is -3.66. The summed E-state index contributed by atoms with van der Waals surface area (Å²) < 4.78 is 27.5. The van der Waals surface area contributed by atoms with E-state index in [0.717, 1.165) is 14.2 Å². The smallest absolute Gasteiger partial charge is 0.450 e. The topological polar surface area (TPSA) is 110 Å². The minimum absolute atomic E-state index is 1.03. The first kappa shape index (κ1) is 12.8. The maximum absolute atomic E-state index is 9.92. The van der Waals surface area contributed by atoms with E-state index >= 15 is 0 Å². The highest BCUT2D eigenvalue weighted by molar-refractivity contribution is 7.81. The highest BCUT2D eigenvalue weighted by Crippen LogP contribution is 1.85. The maximum Gasteiger partial charge on any atom is 0.503 e. The van der Waals surface area contributed by atoms with E-state index in [2.05, 4.69) is 8.37 Å². The normalized spacial score (nSPS) is 9.64. The van der Waals surface area contributed by atoms with Crippen molar-refractivity contribution in [2.45, 2.75) is 0 Å². The molecule has 0 aliphatic carbocycles. The van der Waals surface area contributed by atoms with Gasteiger partial charge < -0.3 is 10.2 Å². The molecule has 0 aliphatic rings. The molecule has 0 aromatic carbocycles. The van der Waals surface area contributed by atoms with Crippen molar-refractivity contribution in [1.82, 2.24) is 0 Å². The summed E-state index contributed by atoms with van der Waals surface area (Å²) in [5, 5.41) is 13.9. The van der Waals surface area contributed by atoms with Crippen molar-refractivity contribution in [3.63, 3.8) is 0 Å². The largest absolute Gasteiger partial charge is 0.503 e. The van der Waals surface area contributed by atoms with Crippen molar-refractivity contribution >= 4 is 16.6 Å². The summed E-state index contributed by atoms with van der Waals surface area (Å²) in [5.74, 6) is 0. The number of hydrogen-bond donors (Lipinski definition) is 2. The van der Waals surface area contributed by atoms with Gasteiger partial charge in [0.25, 0.3) is 0 Å². The Balaban J connectivity index is 0. The molecule has 0 spiro atoms. The standard InChI is InChI=1S/C2H6O4S.CH2O3/c1-5-7(3,4)6-2;2-1(3)4/h1-2H3;(H2,2,3,4). The van der Waals surface area contributed by atoms with Gasteiger partial charge in [0.15, 0.2) is 0 Å². The highest BCUT2D eigenvalue weighted by Gasteiger charge is 2.01. The molecule has 0 heterocycles. The summed E-state index contributed by atoms with van der Waals surface area (Å²) in [6.07, 6.45) is -1.83. The Labute approximate surface area is 63.5 Å². The van der Waals surface area contributed by atoms with E-state index in [1.54, 1.807) is 0 Å². The molecule has 0 rings (SSSR count). The van der Waals surface area contributed by atoms with Gasteiger partial charge in [-0.1, -0.05) is 0 Å². The van der Waals surface area contributed by atoms with Gasteiger partial charge in [-0.05, 0) is 0 Å². The average Bonchev–Trinajstić information content (AvgIpc) is 1.87. The molecule has 0 radical (unpaired) electrons. The van der Waals surface area contributed by atoms with Crippen molar-refractivity contribution in [3.8, 4) is 0 Å². The number of carboxylic acid groups (broad SMARTS) is 2. The molecule has 0 amide bonds. The molecule has 2 N–H and O–H groups in total. The Bertz CT molecular complexity index is 178. The van der Waals surface area contributed by atoms with Crippen molar-refractivity contribution in [2.75, 3.05) is 14.2 Å². The molecule has 0 saturated carbocycles. The van der Waals surface area contributed by atoms with Crippen LogP contribution in [-0.4, -0.2) is 39.0 Å². The summed E-state index contributed by atoms with van der Waals surface area (Å²) in [5.41, 5.74) is 0. The molecule has 0 aromatic rings. The van der Waals surface area contributed by atoms with Crippen LogP contribution in [0.5, 0.6) is 0 Å². The van der Waals surface area contributed by atoms with Crippen LogP contribution in [0.1, 0.15) is 0 Å². The fourth-order valence-electron chi connectivity index (χ4n) is 0.0680. The maximum atomic E-state index is 9.92. The average molecular weight is 188 g/mol. The lowest BCUT2D eigenvalue weighted by Crippen LogP contribution is -2.02. The molecule has 8 heteroatoms. The second kappa shape index (κ2) is 5.89. The van der Waals surface area contributed by atoms with Gasteiger partial charge in [0, 0.05) is 0 Å². The van der Waals surface area contributed by atoms with Gasteiger partial charge in [0.05, 0.1) is 14.2 Å². The van der Waals surface area contributed by atoms with Gasteiger partial charge >= 0.3 is 16.6 Å². The summed E-state index contributed by atoms with van der Waals surface area (Å²) in [4.78, 5) is 8.56. The van der Waals surface area contributed by atoms with Crippen LogP contribution in [-0.2, 0) is 18.8 Å². The lowest BCUT2D eigenvalue weighted by Gasteiger charge is -1.91. The van der Waals surface area contributed by atoms with Crippen LogP contribution in [0.25, 0.3) is 0 Å². The Kier molecular flexibility index (Phi) is 6.85. The van der Waals surface area contributed by atoms with E-state index < -0.39 is 16.6 Å². The molecule has 0 unspecified atom stereocenters. The van der Waals surface area contributed by atoms with Crippen LogP contribution >= 0.6 is 0 Å². The van der Waals surface area contributed by atoms with Gasteiger partial charge in [0.2, 0.25) is 0 Å². The predicted molar refractivity (Wildman–Crippen MR) is 33.6 cm³/mol. The Morgan fingerprint density at radius 2 is 1.36 bits per heavy atom. The summed E-state index contributed by atoms with van der Waals surface area (Å²) in [6, 6.07) is 0. The predicted octanol–water partition coefficient (Wildman–Crippen LogP) is -0.254. The molecule has 0 aliphatic heterocycles. The van der Waals surface area contributed by atoms with Crippen LogP contribution in [0.2, 0.25) is 0 Å². The van der Waals surface area contributed by atoms with Gasteiger partial charge in [-0.3, -0.25) is 8.37 Å². The number of hydrogen-bond acceptors (Lipinski definition) is 5. The molecule has 0 saturated heterocycles. The number of carbonyl (C=O) groups is 1. The van der Waals surface area contributed by atoms with Crippen LogP contribution in [0.15, 0.2) is 0 Å². The van der Waals surface area contributed by atoms with Gasteiger partial charge in [0.1, 0.15) is 0 Å². The first-order chi connectivity index (χ1) is 4.85. The molecular formula is C3H8O7S. The summed E-state index contributed by atoms with van der Waals surface area (Å²) in [6.45, 7) is 0. The second-order valence-corrected chi connectivity index (χ2v) is 2.51. The molecule has 0 aromatic heterocycles. The van der Waals surface area contributed by atoms with E-state index in [4.69, 9.17) is 15.0 Å². The van der Waals surface area contributed by atoms with Crippen LogP contribution in [0.4, 0.5) is 4.79 Å². The molecule has 68 valence electrons. The van der Waals surface area contributed by atoms with E-state index in [-0.39, 0.29) is 0 Å². The Morgan fingerprint density at radius 3 is 1.36 bits per heavy atom. The fourth-order valence-corrected chi connectivity index (χ4v) is 0.204. The zero-order valence-electron chi connectivity index (χ0n) is 5.84. The van der Waals surface area contributed by atoms with E-state index in [9.17, 15) is 8.42 Å². The van der Waals surface area contributed by atoms with E-state index in [0.29, 0.717) is 0 Å². The van der Waals surface area contributed by atoms with E-state index in [1.807, 2.05) is 0 Å². The van der Waals surface area contributed by atoms with Crippen molar-refractivity contribution in [1.29, 1.82) is 0 Å². The van der Waals surface area contributed by atoms with Crippen LogP contribution in [0.3, 0.4) is 0 Å². The van der Waals surface area contributed by atoms with Gasteiger partial charge in [-0.25, -0.2) is 4.79 Å². The van der Waals surface area contributed by atoms with E-state index in [1.165, 1.54) is 0 Å². The summed E-state index contributed by atoms with van der Waals surface area (Å²) >= 11 is 0. The lowest BCUT2D eigenvalue weighted by molar-refractivity contribution is 0.137. The van der Waals surface area contributed by atoms with Crippen molar-refractivity contribution in [3.05, 3.63) is 0 Å². The van der Waals surface area contributed by atoms with Crippen LogP contribution < -0.4 is 0 Å². The lowest BCUT2D eigenvalue weighted by atomic mass is 11.5. The monoisotopic (exact) mass is 188 g/mol. The van der Waals surface area contributed by atoms with Crippen molar-refractivity contribution < 1.29 is 31.8 Å². The first-order valence-corrected chi connectivity index (χ1v) is 3.47. The highest BCUT2D eigenvalue weighted by atomic mass is 32.3. The fraction of sp³-hybridized carbons (Fsp3) is 0.667. The quantitative estimate of drug-likeness (QED) is 0.614. The first-order valence-electron chi connectivity index (χ1n) is 2.13. The van der Waals surface area contributed by atoms with Gasteiger partial charge in [-0.15, -0.1) is 0 Å². The molecule has 0 fully saturated rings. The number of rotatable bonds is 2. The molecule has 0 atom stereocenters. The van der Waals surface area contributed by atoms with Crippen LogP contribution in [0, 0.1) is 0 Å². The third-order valence-corrected chi connectivity index (χ3v) is 1.22. The zero-order valence-corrected chi connectivity index (χ0v) is 6.66. The SMILES string of the molecule is COS(=O)(=O)OC.O=C(O)O. The summed E-state index contributed by atoms with van der Waals surface area (Å²) in [7, 11) is -1.60. The van der Waals surface area contributed by atoms with Gasteiger partial charge in [-0.2, -0.15) is 8.42 Å². The molecule has 7 nitrogen and oxygen atoms in total. The third kappa shape index (κ3) is 17.6.